The van der Waals surface area contributed by atoms with Crippen LogP contribution in [0.3, 0.4) is 0 Å². The van der Waals surface area contributed by atoms with Crippen LogP contribution >= 0.6 is 0 Å². The lowest BCUT2D eigenvalue weighted by atomic mass is 10.0. The molecule has 1 rings (SSSR count). The van der Waals surface area contributed by atoms with Gasteiger partial charge < -0.3 is 24.8 Å². The zero-order valence-electron chi connectivity index (χ0n) is 13.6. The number of benzene rings is 1. The van der Waals surface area contributed by atoms with Gasteiger partial charge in [-0.15, -0.1) is 0 Å². The van der Waals surface area contributed by atoms with Crippen molar-refractivity contribution in [1.82, 2.24) is 0 Å². The summed E-state index contributed by atoms with van der Waals surface area (Å²) in [7, 11) is 5.11. The topological polar surface area (TPSA) is 57.0 Å². The van der Waals surface area contributed by atoms with Gasteiger partial charge in [0.15, 0.2) is 0 Å². The van der Waals surface area contributed by atoms with Gasteiger partial charge in [0.2, 0.25) is 0 Å². The van der Waals surface area contributed by atoms with Gasteiger partial charge in [0.05, 0.1) is 13.7 Å². The minimum atomic E-state index is -0.0939. The average Bonchev–Trinajstić information content (AvgIpc) is 2.49. The van der Waals surface area contributed by atoms with Gasteiger partial charge in [0, 0.05) is 51.2 Å². The first-order valence-electron chi connectivity index (χ1n) is 7.31. The molecular formula is C16H28N2O3. The molecule has 1 unspecified atom stereocenters. The highest BCUT2D eigenvalue weighted by Gasteiger charge is 2.17. The molecular weight excluding hydrogens is 268 g/mol. The molecule has 0 aliphatic carbocycles. The SMILES string of the molecule is COCCCN(CCOC)c1cccc(OC)c1C(C)N. The van der Waals surface area contributed by atoms with Crippen molar-refractivity contribution >= 4 is 5.69 Å². The third kappa shape index (κ3) is 5.19. The van der Waals surface area contributed by atoms with Gasteiger partial charge in [-0.1, -0.05) is 6.07 Å². The predicted molar refractivity (Wildman–Crippen MR) is 86.2 cm³/mol. The van der Waals surface area contributed by atoms with Crippen LogP contribution in [0.4, 0.5) is 5.69 Å². The number of methoxy groups -OCH3 is 3. The summed E-state index contributed by atoms with van der Waals surface area (Å²) >= 11 is 0. The Morgan fingerprint density at radius 1 is 1.10 bits per heavy atom. The molecule has 0 radical (unpaired) electrons. The summed E-state index contributed by atoms with van der Waals surface area (Å²) in [6, 6.07) is 5.94. The molecule has 0 amide bonds. The monoisotopic (exact) mass is 296 g/mol. The third-order valence-corrected chi connectivity index (χ3v) is 3.40. The summed E-state index contributed by atoms with van der Waals surface area (Å²) in [6.07, 6.45) is 0.954. The Bertz CT molecular complexity index is 411. The van der Waals surface area contributed by atoms with Crippen LogP contribution in [0.1, 0.15) is 24.9 Å². The molecule has 0 aromatic heterocycles. The maximum absolute atomic E-state index is 6.15. The molecule has 120 valence electrons. The Kier molecular flexibility index (Phi) is 8.12. The van der Waals surface area contributed by atoms with Gasteiger partial charge in [0.25, 0.3) is 0 Å². The Balaban J connectivity index is 3.03. The minimum absolute atomic E-state index is 0.0939. The lowest BCUT2D eigenvalue weighted by molar-refractivity contribution is 0.191. The highest BCUT2D eigenvalue weighted by atomic mass is 16.5. The summed E-state index contributed by atoms with van der Waals surface area (Å²) in [5.74, 6) is 0.830. The van der Waals surface area contributed by atoms with Crippen molar-refractivity contribution in [3.63, 3.8) is 0 Å². The highest BCUT2D eigenvalue weighted by molar-refractivity contribution is 5.60. The molecule has 5 heteroatoms. The fraction of sp³-hybridized carbons (Fsp3) is 0.625. The van der Waals surface area contributed by atoms with E-state index in [9.17, 15) is 0 Å². The van der Waals surface area contributed by atoms with E-state index in [0.717, 1.165) is 43.1 Å². The van der Waals surface area contributed by atoms with E-state index < -0.39 is 0 Å². The summed E-state index contributed by atoms with van der Waals surface area (Å²) < 4.78 is 15.8. The molecule has 2 N–H and O–H groups in total. The predicted octanol–water partition coefficient (Wildman–Crippen LogP) is 2.20. The first-order chi connectivity index (χ1) is 10.2. The van der Waals surface area contributed by atoms with Crippen LogP contribution in [-0.4, -0.2) is 47.6 Å². The number of nitrogens with two attached hydrogens (primary N) is 1. The van der Waals surface area contributed by atoms with Crippen LogP contribution in [-0.2, 0) is 9.47 Å². The van der Waals surface area contributed by atoms with Crippen LogP contribution < -0.4 is 15.4 Å². The Labute approximate surface area is 128 Å². The van der Waals surface area contributed by atoms with E-state index in [1.807, 2.05) is 19.1 Å². The summed E-state index contributed by atoms with van der Waals surface area (Å²) in [4.78, 5) is 2.28. The number of anilines is 1. The second-order valence-electron chi connectivity index (χ2n) is 5.01. The Morgan fingerprint density at radius 2 is 1.81 bits per heavy atom. The smallest absolute Gasteiger partial charge is 0.125 e. The summed E-state index contributed by atoms with van der Waals surface area (Å²) in [5.41, 5.74) is 8.29. The average molecular weight is 296 g/mol. The van der Waals surface area contributed by atoms with Crippen molar-refractivity contribution in [2.45, 2.75) is 19.4 Å². The minimum Gasteiger partial charge on any atom is -0.496 e. The molecule has 21 heavy (non-hydrogen) atoms. The molecule has 0 spiro atoms. The second-order valence-corrected chi connectivity index (χ2v) is 5.01. The van der Waals surface area contributed by atoms with Crippen molar-refractivity contribution in [2.24, 2.45) is 5.73 Å². The molecule has 0 fully saturated rings. The molecule has 0 aliphatic rings. The Hall–Kier alpha value is -1.30. The van der Waals surface area contributed by atoms with Gasteiger partial charge in [-0.3, -0.25) is 0 Å². The lowest BCUT2D eigenvalue weighted by Crippen LogP contribution is -2.30. The number of rotatable bonds is 10. The van der Waals surface area contributed by atoms with Crippen LogP contribution in [0.2, 0.25) is 0 Å². The largest absolute Gasteiger partial charge is 0.496 e. The molecule has 5 nitrogen and oxygen atoms in total. The standard InChI is InChI=1S/C16H28N2O3/c1-13(17)16-14(7-5-8-15(16)21-4)18(10-12-20-3)9-6-11-19-2/h5,7-8,13H,6,9-12,17H2,1-4H3. The summed E-state index contributed by atoms with van der Waals surface area (Å²) in [6.45, 7) is 5.09. The molecule has 1 aromatic carbocycles. The van der Waals surface area contributed by atoms with Crippen LogP contribution in [0.25, 0.3) is 0 Å². The maximum Gasteiger partial charge on any atom is 0.125 e. The van der Waals surface area contributed by atoms with E-state index in [0.29, 0.717) is 6.61 Å². The zero-order chi connectivity index (χ0) is 15.7. The van der Waals surface area contributed by atoms with Crippen molar-refractivity contribution in [3.8, 4) is 5.75 Å². The van der Waals surface area contributed by atoms with Gasteiger partial charge in [-0.05, 0) is 25.5 Å². The molecule has 0 saturated carbocycles. The van der Waals surface area contributed by atoms with Crippen molar-refractivity contribution in [2.75, 3.05) is 52.5 Å². The van der Waals surface area contributed by atoms with Crippen molar-refractivity contribution < 1.29 is 14.2 Å². The van der Waals surface area contributed by atoms with Crippen molar-refractivity contribution in [1.29, 1.82) is 0 Å². The van der Waals surface area contributed by atoms with Gasteiger partial charge in [0.1, 0.15) is 5.75 Å². The van der Waals surface area contributed by atoms with Gasteiger partial charge in [-0.25, -0.2) is 0 Å². The molecule has 0 aliphatic heterocycles. The third-order valence-electron chi connectivity index (χ3n) is 3.40. The molecule has 1 atom stereocenters. The van der Waals surface area contributed by atoms with E-state index in [2.05, 4.69) is 11.0 Å². The van der Waals surface area contributed by atoms with E-state index in [1.54, 1.807) is 21.3 Å². The Morgan fingerprint density at radius 3 is 2.38 bits per heavy atom. The normalized spacial score (nSPS) is 12.2. The lowest BCUT2D eigenvalue weighted by Gasteiger charge is -2.29. The fourth-order valence-electron chi connectivity index (χ4n) is 2.40. The first kappa shape index (κ1) is 17.8. The molecule has 1 aromatic rings. The number of hydrogen-bond acceptors (Lipinski definition) is 5. The first-order valence-corrected chi connectivity index (χ1v) is 7.31. The fourth-order valence-corrected chi connectivity index (χ4v) is 2.40. The van der Waals surface area contributed by atoms with E-state index in [4.69, 9.17) is 19.9 Å². The summed E-state index contributed by atoms with van der Waals surface area (Å²) in [5, 5.41) is 0. The quantitative estimate of drug-likeness (QED) is 0.671. The molecule has 0 heterocycles. The van der Waals surface area contributed by atoms with E-state index >= 15 is 0 Å². The maximum atomic E-state index is 6.15. The van der Waals surface area contributed by atoms with Crippen LogP contribution in [0.5, 0.6) is 5.75 Å². The number of hydrogen-bond donors (Lipinski definition) is 1. The zero-order valence-corrected chi connectivity index (χ0v) is 13.6. The van der Waals surface area contributed by atoms with Crippen molar-refractivity contribution in [3.05, 3.63) is 23.8 Å². The van der Waals surface area contributed by atoms with Crippen LogP contribution in [0.15, 0.2) is 18.2 Å². The molecule has 0 saturated heterocycles. The van der Waals surface area contributed by atoms with Gasteiger partial charge >= 0.3 is 0 Å². The second kappa shape index (κ2) is 9.60. The number of nitrogens with zero attached hydrogens (tertiary/aromatic N) is 1. The van der Waals surface area contributed by atoms with E-state index in [-0.39, 0.29) is 6.04 Å². The van der Waals surface area contributed by atoms with Gasteiger partial charge in [-0.2, -0.15) is 0 Å². The van der Waals surface area contributed by atoms with Crippen LogP contribution in [0, 0.1) is 0 Å². The van der Waals surface area contributed by atoms with E-state index in [1.165, 1.54) is 0 Å². The highest BCUT2D eigenvalue weighted by Crippen LogP contribution is 2.33. The number of ether oxygens (including phenoxy) is 3. The molecule has 0 bridgehead atoms.